The van der Waals surface area contributed by atoms with Gasteiger partial charge in [0.2, 0.25) is 0 Å². The van der Waals surface area contributed by atoms with Crippen LogP contribution < -0.4 is 20.5 Å². The van der Waals surface area contributed by atoms with Crippen molar-refractivity contribution in [3.8, 4) is 35.4 Å². The average molecular weight is 739 g/mol. The summed E-state index contributed by atoms with van der Waals surface area (Å²) in [4.78, 5) is 19.6. The van der Waals surface area contributed by atoms with Crippen LogP contribution in [-0.4, -0.2) is 52.5 Å². The Morgan fingerprint density at radius 2 is 1.93 bits per heavy atom. The Labute approximate surface area is 324 Å². The van der Waals surface area contributed by atoms with Crippen LogP contribution in [0.25, 0.3) is 0 Å². The number of ether oxygens (including phenoxy) is 2. The first kappa shape index (κ1) is 38.1. The lowest BCUT2D eigenvalue weighted by atomic mass is 9.92. The molecule has 0 saturated carbocycles. The van der Waals surface area contributed by atoms with Crippen LogP contribution in [0.5, 0.6) is 11.5 Å². The molecule has 9 heteroatoms. The highest BCUT2D eigenvalue weighted by Crippen LogP contribution is 2.38. The first-order chi connectivity index (χ1) is 26.8. The molecule has 5 atom stereocenters. The van der Waals surface area contributed by atoms with E-state index in [2.05, 4.69) is 59.2 Å². The number of unbranched alkanes of at least 4 members (excludes halogenated alkanes) is 2. The lowest BCUT2D eigenvalue weighted by Gasteiger charge is -2.32. The van der Waals surface area contributed by atoms with Gasteiger partial charge in [0.1, 0.15) is 18.0 Å². The lowest BCUT2D eigenvalue weighted by Crippen LogP contribution is -2.41. The number of fused-ring (bicyclic) bond motifs is 5. The second kappa shape index (κ2) is 18.0. The van der Waals surface area contributed by atoms with Crippen LogP contribution in [0.4, 0.5) is 0 Å². The number of rotatable bonds is 14. The van der Waals surface area contributed by atoms with Gasteiger partial charge >= 0.3 is 0 Å². The SMILES string of the molecule is CCCCCC(O)CC(=O)CCc1ccc2c(c1)OC1C(C#CC(O)c3ccc(C(N)NCCc4ccccc4)cc3CC3=C4CN1C=C4N=C3)CC#CO2. The summed E-state index contributed by atoms with van der Waals surface area (Å²) in [7, 11) is 0. The number of aliphatic imine (C=N–C) groups is 1. The standard InChI is InChI=1S/C46H50N4O5/c1-2-3-5-12-37(51)27-38(52)17-13-32-14-20-43-44(24-32)55-46-33(11-8-23-54-43)16-19-42(53)39-18-15-34(45(47)48-22-21-31-9-6-4-7-10-31)25-35(39)26-36-28-49-41-30-50(46)29-40(36)41/h4,6-7,9-10,14-15,18,20,24-25,28,30,33,37,42,45-46,48,51,53H,2-3,5,11-13,17,21-22,26-27,29,47H2,1H3. The Bertz CT molecular complexity index is 2090. The van der Waals surface area contributed by atoms with Crippen molar-refractivity contribution in [3.63, 3.8) is 0 Å². The van der Waals surface area contributed by atoms with Crippen molar-refractivity contribution in [2.24, 2.45) is 16.6 Å². The molecule has 0 radical (unpaired) electrons. The predicted molar refractivity (Wildman–Crippen MR) is 214 cm³/mol. The number of nitrogens with zero attached hydrogens (tertiary/aromatic N) is 2. The van der Waals surface area contributed by atoms with Gasteiger partial charge in [0, 0.05) is 50.3 Å². The number of carbonyl (C=O) groups is 1. The van der Waals surface area contributed by atoms with E-state index in [-0.39, 0.29) is 18.4 Å². The molecule has 2 bridgehead atoms. The summed E-state index contributed by atoms with van der Waals surface area (Å²) < 4.78 is 12.7. The van der Waals surface area contributed by atoms with E-state index < -0.39 is 24.4 Å². The first-order valence-corrected chi connectivity index (χ1v) is 19.6. The molecule has 0 spiro atoms. The summed E-state index contributed by atoms with van der Waals surface area (Å²) in [5.74, 6) is 10.2. The van der Waals surface area contributed by atoms with E-state index in [4.69, 9.17) is 20.2 Å². The molecule has 0 amide bonds. The molecule has 9 nitrogen and oxygen atoms in total. The number of benzene rings is 3. The Hall–Kier alpha value is -5.16. The summed E-state index contributed by atoms with van der Waals surface area (Å²) in [6, 6.07) is 22.0. The van der Waals surface area contributed by atoms with E-state index in [1.54, 1.807) is 0 Å². The maximum absolute atomic E-state index is 12.7. The highest BCUT2D eigenvalue weighted by atomic mass is 16.5. The van der Waals surface area contributed by atoms with Crippen LogP contribution >= 0.6 is 0 Å². The third-order valence-corrected chi connectivity index (χ3v) is 10.7. The zero-order valence-electron chi connectivity index (χ0n) is 31.5. The number of Topliss-reactive ketones (excluding diaryl/α,β-unsaturated/α-hetero) is 1. The van der Waals surface area contributed by atoms with Crippen molar-refractivity contribution in [3.05, 3.63) is 118 Å². The average Bonchev–Trinajstić information content (AvgIpc) is 3.79. The fourth-order valence-electron chi connectivity index (χ4n) is 7.55. The Morgan fingerprint density at radius 3 is 2.78 bits per heavy atom. The van der Waals surface area contributed by atoms with Gasteiger partial charge in [-0.05, 0) is 71.2 Å². The van der Waals surface area contributed by atoms with Crippen LogP contribution in [0.1, 0.15) is 92.0 Å². The van der Waals surface area contributed by atoms with Gasteiger partial charge in [-0.25, -0.2) is 0 Å². The molecule has 4 aliphatic heterocycles. The number of aliphatic hydroxyl groups excluding tert-OH is 2. The van der Waals surface area contributed by atoms with Gasteiger partial charge < -0.3 is 30.3 Å². The van der Waals surface area contributed by atoms with Crippen molar-refractivity contribution in [2.45, 2.75) is 95.7 Å². The van der Waals surface area contributed by atoms with Crippen LogP contribution in [0.3, 0.4) is 0 Å². The van der Waals surface area contributed by atoms with Gasteiger partial charge in [-0.1, -0.05) is 98.5 Å². The molecule has 284 valence electrons. The summed E-state index contributed by atoms with van der Waals surface area (Å²) in [6.07, 6.45) is 10.7. The van der Waals surface area contributed by atoms with E-state index in [0.717, 1.165) is 71.3 Å². The van der Waals surface area contributed by atoms with Gasteiger partial charge in [0.25, 0.3) is 0 Å². The molecule has 0 saturated heterocycles. The second-order valence-electron chi connectivity index (χ2n) is 14.8. The number of aliphatic hydroxyl groups is 2. The Kier molecular flexibility index (Phi) is 12.5. The van der Waals surface area contributed by atoms with E-state index in [9.17, 15) is 15.0 Å². The van der Waals surface area contributed by atoms with E-state index in [1.165, 1.54) is 5.56 Å². The van der Waals surface area contributed by atoms with Crippen molar-refractivity contribution >= 4 is 12.0 Å². The highest BCUT2D eigenvalue weighted by Gasteiger charge is 2.35. The number of ketones is 1. The molecule has 0 fully saturated rings. The number of hydrogen-bond donors (Lipinski definition) is 4. The maximum atomic E-state index is 12.7. The zero-order valence-corrected chi connectivity index (χ0v) is 31.5. The van der Waals surface area contributed by atoms with Crippen LogP contribution in [0.15, 0.2) is 94.8 Å². The van der Waals surface area contributed by atoms with Gasteiger partial charge in [0.15, 0.2) is 17.7 Å². The van der Waals surface area contributed by atoms with Crippen LogP contribution in [0, 0.1) is 29.8 Å². The van der Waals surface area contributed by atoms with Crippen molar-refractivity contribution in [1.29, 1.82) is 0 Å². The molecule has 3 aromatic carbocycles. The third kappa shape index (κ3) is 9.57. The summed E-state index contributed by atoms with van der Waals surface area (Å²) in [5, 5.41) is 25.4. The number of nitrogens with one attached hydrogen (secondary N) is 1. The zero-order chi connectivity index (χ0) is 38.1. The van der Waals surface area contributed by atoms with Crippen molar-refractivity contribution < 1.29 is 24.5 Å². The molecule has 5 N–H and O–H groups in total. The summed E-state index contributed by atoms with van der Waals surface area (Å²) in [5.41, 5.74) is 14.5. The molecular weight excluding hydrogens is 689 g/mol. The van der Waals surface area contributed by atoms with Gasteiger partial charge in [-0.15, -0.1) is 0 Å². The monoisotopic (exact) mass is 738 g/mol. The number of nitrogens with two attached hydrogens (primary N) is 1. The Balaban J connectivity index is 1.11. The minimum atomic E-state index is -1.05. The normalized spacial score (nSPS) is 20.5. The fourth-order valence-corrected chi connectivity index (χ4v) is 7.55. The molecule has 4 aliphatic rings. The quantitative estimate of drug-likeness (QED) is 0.0874. The lowest BCUT2D eigenvalue weighted by molar-refractivity contribution is -0.121. The molecule has 0 aromatic heterocycles. The molecule has 4 heterocycles. The van der Waals surface area contributed by atoms with Crippen LogP contribution in [0.2, 0.25) is 0 Å². The fraction of sp³-hybridized carbons (Fsp3) is 0.391. The largest absolute Gasteiger partial charge is 0.465 e. The number of aryl methyl sites for hydroxylation is 1. The second-order valence-corrected chi connectivity index (χ2v) is 14.8. The summed E-state index contributed by atoms with van der Waals surface area (Å²) in [6.45, 7) is 3.43. The van der Waals surface area contributed by atoms with Gasteiger partial charge in [-0.3, -0.25) is 15.1 Å². The van der Waals surface area contributed by atoms with Crippen LogP contribution in [-0.2, 0) is 24.1 Å². The first-order valence-electron chi connectivity index (χ1n) is 19.6. The van der Waals surface area contributed by atoms with Gasteiger partial charge in [0.05, 0.1) is 23.9 Å². The van der Waals surface area contributed by atoms with Gasteiger partial charge in [-0.2, -0.15) is 0 Å². The molecule has 0 aliphatic carbocycles. The molecule has 5 unspecified atom stereocenters. The number of carbonyl (C=O) groups excluding carboxylic acids is 1. The number of hydrogen-bond acceptors (Lipinski definition) is 9. The van der Waals surface area contributed by atoms with E-state index in [1.807, 2.05) is 60.9 Å². The molecule has 7 rings (SSSR count). The maximum Gasteiger partial charge on any atom is 0.187 e. The van der Waals surface area contributed by atoms with Crippen molar-refractivity contribution in [2.75, 3.05) is 13.1 Å². The highest BCUT2D eigenvalue weighted by molar-refractivity contribution is 5.87. The number of allylic oxidation sites excluding steroid dienone is 1. The smallest absolute Gasteiger partial charge is 0.187 e. The predicted octanol–water partition coefficient (Wildman–Crippen LogP) is 6.20. The molecule has 3 aromatic rings. The molecular formula is C46H50N4O5. The third-order valence-electron chi connectivity index (χ3n) is 10.7. The van der Waals surface area contributed by atoms with E-state index >= 15 is 0 Å². The minimum absolute atomic E-state index is 0.0415. The van der Waals surface area contributed by atoms with Crippen molar-refractivity contribution in [1.82, 2.24) is 10.2 Å². The summed E-state index contributed by atoms with van der Waals surface area (Å²) >= 11 is 0. The molecule has 55 heavy (non-hydrogen) atoms. The Morgan fingerprint density at radius 1 is 1.05 bits per heavy atom. The van der Waals surface area contributed by atoms with E-state index in [0.29, 0.717) is 50.1 Å². The topological polar surface area (TPSA) is 130 Å². The minimum Gasteiger partial charge on any atom is -0.465 e.